The second-order valence-corrected chi connectivity index (χ2v) is 3.31. The summed E-state index contributed by atoms with van der Waals surface area (Å²) in [6.45, 7) is 9.07. The predicted molar refractivity (Wildman–Crippen MR) is 43.5 cm³/mol. The monoisotopic (exact) mass is 268 g/mol. The Kier molecular flexibility index (Phi) is 5.04. The van der Waals surface area contributed by atoms with E-state index in [4.69, 9.17) is 0 Å². The molecule has 0 bridgehead atoms. The van der Waals surface area contributed by atoms with E-state index in [-0.39, 0.29) is 24.0 Å². The lowest BCUT2D eigenvalue weighted by Crippen LogP contribution is -3.00. The van der Waals surface area contributed by atoms with Crippen molar-refractivity contribution in [2.75, 3.05) is 13.1 Å². The average Bonchev–Trinajstić information content (AvgIpc) is 2.36. The zero-order chi connectivity index (χ0) is 7.56. The molecule has 1 heterocycles. The Hall–Kier alpha value is 0.200. The topological polar surface area (TPSA) is 15.0 Å². The van der Waals surface area contributed by atoms with Crippen molar-refractivity contribution in [3.05, 3.63) is 0 Å². The van der Waals surface area contributed by atoms with Gasteiger partial charge in [0.05, 0.1) is 6.04 Å². The smallest absolute Gasteiger partial charge is 0.232 e. The molecule has 0 amide bonds. The van der Waals surface area contributed by atoms with Gasteiger partial charge >= 0.3 is 0 Å². The Morgan fingerprint density at radius 3 is 2.36 bits per heavy atom. The third-order valence-electron chi connectivity index (χ3n) is 2.26. The molecule has 0 spiro atoms. The van der Waals surface area contributed by atoms with Gasteiger partial charge in [0.25, 0.3) is 0 Å². The van der Waals surface area contributed by atoms with Gasteiger partial charge in [-0.1, -0.05) is 13.8 Å². The van der Waals surface area contributed by atoms with Crippen LogP contribution in [0.3, 0.4) is 0 Å². The van der Waals surface area contributed by atoms with E-state index < -0.39 is 0 Å². The van der Waals surface area contributed by atoms with E-state index in [0.717, 1.165) is 12.5 Å². The summed E-state index contributed by atoms with van der Waals surface area (Å²) >= 11 is 0. The molecule has 1 unspecified atom stereocenters. The molecule has 0 saturated carbocycles. The number of hydrogen-bond acceptors (Lipinski definition) is 1. The van der Waals surface area contributed by atoms with E-state index in [1.165, 1.54) is 6.54 Å². The number of halogens is 1. The van der Waals surface area contributed by atoms with Crippen LogP contribution in [-0.2, 0) is 0 Å². The highest BCUT2D eigenvalue weighted by Crippen LogP contribution is 2.04. The zero-order valence-corrected chi connectivity index (χ0v) is 9.63. The quantitative estimate of drug-likeness (QED) is 0.439. The molecule has 0 aromatic heterocycles. The SMILES string of the molecule is CC(C)C(C)[N+]1=CNCC1.[I-]. The minimum atomic E-state index is 0. The molecule has 1 atom stereocenters. The Balaban J connectivity index is 0.000001000. The summed E-state index contributed by atoms with van der Waals surface area (Å²) in [5.41, 5.74) is 0. The first-order valence-corrected chi connectivity index (χ1v) is 4.04. The molecular weight excluding hydrogens is 251 g/mol. The molecule has 0 saturated heterocycles. The lowest BCUT2D eigenvalue weighted by atomic mass is 10.1. The van der Waals surface area contributed by atoms with E-state index in [2.05, 4.69) is 37.0 Å². The van der Waals surface area contributed by atoms with Crippen molar-refractivity contribution in [1.82, 2.24) is 5.32 Å². The summed E-state index contributed by atoms with van der Waals surface area (Å²) in [6, 6.07) is 0.676. The van der Waals surface area contributed by atoms with Gasteiger partial charge in [0, 0.05) is 0 Å². The molecule has 1 N–H and O–H groups in total. The van der Waals surface area contributed by atoms with Gasteiger partial charge in [0.1, 0.15) is 13.1 Å². The number of hydrogen-bond donors (Lipinski definition) is 1. The summed E-state index contributed by atoms with van der Waals surface area (Å²) in [5.74, 6) is 0.746. The molecule has 1 rings (SSSR count). The first-order chi connectivity index (χ1) is 4.72. The highest BCUT2D eigenvalue weighted by atomic mass is 127. The third-order valence-corrected chi connectivity index (χ3v) is 2.26. The van der Waals surface area contributed by atoms with Crippen molar-refractivity contribution in [1.29, 1.82) is 0 Å². The second-order valence-electron chi connectivity index (χ2n) is 3.31. The predicted octanol–water partition coefficient (Wildman–Crippen LogP) is -2.32. The van der Waals surface area contributed by atoms with Gasteiger partial charge in [-0.2, -0.15) is 0 Å². The van der Waals surface area contributed by atoms with Crippen LogP contribution in [0.25, 0.3) is 0 Å². The molecule has 0 aromatic rings. The van der Waals surface area contributed by atoms with E-state index in [0.29, 0.717) is 6.04 Å². The van der Waals surface area contributed by atoms with Crippen LogP contribution >= 0.6 is 0 Å². The number of nitrogens with one attached hydrogen (secondary N) is 1. The summed E-state index contributed by atoms with van der Waals surface area (Å²) in [6.07, 6.45) is 2.10. The van der Waals surface area contributed by atoms with Crippen molar-refractivity contribution in [3.63, 3.8) is 0 Å². The lowest BCUT2D eigenvalue weighted by Gasteiger charge is -2.14. The average molecular weight is 268 g/mol. The molecule has 0 radical (unpaired) electrons. The van der Waals surface area contributed by atoms with Crippen molar-refractivity contribution >= 4 is 6.34 Å². The van der Waals surface area contributed by atoms with Crippen molar-refractivity contribution in [3.8, 4) is 0 Å². The Morgan fingerprint density at radius 2 is 2.00 bits per heavy atom. The maximum atomic E-state index is 3.21. The Morgan fingerprint density at radius 1 is 1.36 bits per heavy atom. The molecular formula is C8H17IN2. The molecule has 1 aliphatic heterocycles. The fourth-order valence-electron chi connectivity index (χ4n) is 1.14. The lowest BCUT2D eigenvalue weighted by molar-refractivity contribution is -0.556. The second kappa shape index (κ2) is 4.95. The van der Waals surface area contributed by atoms with Gasteiger partial charge in [-0.05, 0) is 12.8 Å². The van der Waals surface area contributed by atoms with Crippen LogP contribution in [0.5, 0.6) is 0 Å². The van der Waals surface area contributed by atoms with Gasteiger partial charge in [-0.25, -0.2) is 0 Å². The van der Waals surface area contributed by atoms with Gasteiger partial charge in [0.2, 0.25) is 6.34 Å². The fraction of sp³-hybridized carbons (Fsp3) is 0.875. The first kappa shape index (κ1) is 11.2. The van der Waals surface area contributed by atoms with E-state index in [9.17, 15) is 0 Å². The standard InChI is InChI=1S/C8H16N2.HI/c1-7(2)8(3)10-5-4-9-6-10;/h6-8H,4-5H2,1-3H3;1H. The fourth-order valence-corrected chi connectivity index (χ4v) is 1.14. The van der Waals surface area contributed by atoms with E-state index in [1.54, 1.807) is 0 Å². The summed E-state index contributed by atoms with van der Waals surface area (Å²) in [7, 11) is 0. The molecule has 0 aliphatic carbocycles. The van der Waals surface area contributed by atoms with Crippen LogP contribution in [-0.4, -0.2) is 30.0 Å². The van der Waals surface area contributed by atoms with Gasteiger partial charge < -0.3 is 24.0 Å². The largest absolute Gasteiger partial charge is 1.00 e. The van der Waals surface area contributed by atoms with Crippen LogP contribution in [0.2, 0.25) is 0 Å². The van der Waals surface area contributed by atoms with Crippen LogP contribution in [0.1, 0.15) is 20.8 Å². The summed E-state index contributed by atoms with van der Waals surface area (Å²) in [4.78, 5) is 0. The maximum Gasteiger partial charge on any atom is 0.232 e. The molecule has 1 aliphatic rings. The van der Waals surface area contributed by atoms with Crippen molar-refractivity contribution in [2.24, 2.45) is 5.92 Å². The van der Waals surface area contributed by atoms with Crippen molar-refractivity contribution in [2.45, 2.75) is 26.8 Å². The highest BCUT2D eigenvalue weighted by molar-refractivity contribution is 5.49. The van der Waals surface area contributed by atoms with Crippen LogP contribution in [0.4, 0.5) is 0 Å². The minimum absolute atomic E-state index is 0. The third kappa shape index (κ3) is 2.97. The van der Waals surface area contributed by atoms with Crippen LogP contribution in [0, 0.1) is 5.92 Å². The Bertz CT molecular complexity index is 143. The van der Waals surface area contributed by atoms with Gasteiger partial charge in [-0.3, -0.25) is 9.89 Å². The molecule has 0 aromatic carbocycles. The summed E-state index contributed by atoms with van der Waals surface area (Å²) < 4.78 is 2.37. The number of nitrogens with zero attached hydrogens (tertiary/aromatic N) is 1. The van der Waals surface area contributed by atoms with Gasteiger partial charge in [0.15, 0.2) is 0 Å². The normalized spacial score (nSPS) is 18.7. The van der Waals surface area contributed by atoms with E-state index in [1.807, 2.05) is 0 Å². The van der Waals surface area contributed by atoms with Crippen molar-refractivity contribution < 1.29 is 28.6 Å². The first-order valence-electron chi connectivity index (χ1n) is 4.04. The molecule has 2 nitrogen and oxygen atoms in total. The molecule has 3 heteroatoms. The maximum absolute atomic E-state index is 3.21. The highest BCUT2D eigenvalue weighted by Gasteiger charge is 2.18. The van der Waals surface area contributed by atoms with Crippen LogP contribution < -0.4 is 29.3 Å². The molecule has 66 valence electrons. The van der Waals surface area contributed by atoms with E-state index >= 15 is 0 Å². The van der Waals surface area contributed by atoms with Crippen LogP contribution in [0.15, 0.2) is 0 Å². The minimum Gasteiger partial charge on any atom is -1.00 e. The Labute approximate surface area is 86.1 Å². The number of rotatable bonds is 2. The zero-order valence-electron chi connectivity index (χ0n) is 7.47. The summed E-state index contributed by atoms with van der Waals surface area (Å²) in [5, 5.41) is 3.21. The molecule has 11 heavy (non-hydrogen) atoms. The van der Waals surface area contributed by atoms with Gasteiger partial charge in [-0.15, -0.1) is 0 Å². The molecule has 0 fully saturated rings.